The zero-order valence-electron chi connectivity index (χ0n) is 21.4. The second kappa shape index (κ2) is 13.9. The predicted molar refractivity (Wildman–Crippen MR) is 150 cm³/mol. The van der Waals surface area contributed by atoms with Crippen LogP contribution in [0.15, 0.2) is 108 Å². The lowest BCUT2D eigenvalue weighted by Crippen LogP contribution is -2.42. The molecule has 1 aromatic heterocycles. The van der Waals surface area contributed by atoms with Crippen molar-refractivity contribution >= 4 is 16.9 Å². The zero-order valence-corrected chi connectivity index (χ0v) is 22.2. The van der Waals surface area contributed by atoms with Crippen molar-refractivity contribution in [2.45, 2.75) is 36.7 Å². The van der Waals surface area contributed by atoms with Crippen LogP contribution in [0.4, 0.5) is 0 Å². The van der Waals surface area contributed by atoms with E-state index in [-0.39, 0.29) is 0 Å². The van der Waals surface area contributed by atoms with Gasteiger partial charge in [-0.05, 0) is 53.1 Å². The van der Waals surface area contributed by atoms with Gasteiger partial charge in [0.15, 0.2) is 0 Å². The average Bonchev–Trinajstić information content (AvgIpc) is 3.00. The summed E-state index contributed by atoms with van der Waals surface area (Å²) in [6, 6.07) is 27.9. The highest BCUT2D eigenvalue weighted by Crippen LogP contribution is 2.20. The molecule has 202 valence electrons. The minimum atomic E-state index is -1.46. The van der Waals surface area contributed by atoms with Gasteiger partial charge in [0.2, 0.25) is 0 Å². The van der Waals surface area contributed by atoms with Gasteiger partial charge >= 0.3 is 0 Å². The summed E-state index contributed by atoms with van der Waals surface area (Å²) in [6.07, 6.45) is 0.655. The van der Waals surface area contributed by atoms with Gasteiger partial charge in [0, 0.05) is 24.8 Å². The number of rotatable bonds is 12. The van der Waals surface area contributed by atoms with Crippen LogP contribution in [0.1, 0.15) is 38.8 Å². The number of hydrogen-bond acceptors (Lipinski definition) is 6. The first-order valence-corrected chi connectivity index (χ1v) is 13.7. The van der Waals surface area contributed by atoms with E-state index in [0.29, 0.717) is 35.7 Å². The molecule has 9 heteroatoms. The molecule has 0 saturated carbocycles. The van der Waals surface area contributed by atoms with Crippen LogP contribution in [-0.4, -0.2) is 42.3 Å². The summed E-state index contributed by atoms with van der Waals surface area (Å²) in [6.45, 7) is 0.717. The van der Waals surface area contributed by atoms with Crippen molar-refractivity contribution in [1.29, 1.82) is 0 Å². The van der Waals surface area contributed by atoms with Crippen LogP contribution in [0.5, 0.6) is 0 Å². The van der Waals surface area contributed by atoms with Crippen LogP contribution in [0.2, 0.25) is 0 Å². The maximum absolute atomic E-state index is 13.5. The summed E-state index contributed by atoms with van der Waals surface area (Å²) >= 11 is 0. The molecular formula is C30H32N4O4S. The number of nitrogens with zero attached hydrogens (tertiary/aromatic N) is 2. The Morgan fingerprint density at radius 3 is 2.18 bits per heavy atom. The van der Waals surface area contributed by atoms with E-state index in [4.69, 9.17) is 5.73 Å². The molecule has 0 saturated heterocycles. The molecule has 4 aromatic rings. The Balaban J connectivity index is 1.47. The molecule has 5 N–H and O–H groups in total. The van der Waals surface area contributed by atoms with Crippen molar-refractivity contribution in [1.82, 2.24) is 14.6 Å². The van der Waals surface area contributed by atoms with E-state index >= 15 is 0 Å². The predicted octanol–water partition coefficient (Wildman–Crippen LogP) is 3.09. The number of pyridine rings is 1. The van der Waals surface area contributed by atoms with Crippen molar-refractivity contribution < 1.29 is 19.2 Å². The molecule has 3 unspecified atom stereocenters. The number of hydrogen-bond donors (Lipinski definition) is 4. The minimum absolute atomic E-state index is 0.357. The lowest BCUT2D eigenvalue weighted by molar-refractivity contribution is 0.0703. The molecule has 3 atom stereocenters. The van der Waals surface area contributed by atoms with E-state index < -0.39 is 35.6 Å². The van der Waals surface area contributed by atoms with Gasteiger partial charge in [-0.25, -0.2) is 8.51 Å². The molecule has 1 amide bonds. The maximum Gasteiger partial charge on any atom is 0.251 e. The van der Waals surface area contributed by atoms with Crippen LogP contribution in [0.3, 0.4) is 0 Å². The van der Waals surface area contributed by atoms with E-state index in [1.54, 1.807) is 54.7 Å². The molecule has 4 rings (SSSR count). The molecule has 0 spiro atoms. The number of amides is 1. The number of aliphatic hydroxyl groups is 2. The fourth-order valence-corrected chi connectivity index (χ4v) is 5.24. The molecule has 0 radical (unpaired) electrons. The molecule has 0 aliphatic rings. The zero-order chi connectivity index (χ0) is 27.6. The summed E-state index contributed by atoms with van der Waals surface area (Å²) in [5.41, 5.74) is 9.29. The quantitative estimate of drug-likeness (QED) is 0.217. The van der Waals surface area contributed by atoms with Crippen LogP contribution in [0, 0.1) is 0 Å². The first-order valence-electron chi connectivity index (χ1n) is 12.6. The SMILES string of the molecule is NCc1ccc(S(=O)N(Cc2ccc(C(=O)NC(CO)C(O)c3ccccc3)cc2)Cc2ccccn2)cc1. The first kappa shape index (κ1) is 28.3. The monoisotopic (exact) mass is 544 g/mol. The highest BCUT2D eigenvalue weighted by Gasteiger charge is 2.23. The number of carbonyl (C=O) groups is 1. The van der Waals surface area contributed by atoms with Crippen LogP contribution in [0.25, 0.3) is 0 Å². The van der Waals surface area contributed by atoms with Gasteiger partial charge in [-0.3, -0.25) is 9.78 Å². The molecular weight excluding hydrogens is 512 g/mol. The Morgan fingerprint density at radius 2 is 1.56 bits per heavy atom. The summed E-state index contributed by atoms with van der Waals surface area (Å²) < 4.78 is 15.3. The van der Waals surface area contributed by atoms with Gasteiger partial charge in [0.05, 0.1) is 29.8 Å². The Bertz CT molecular complexity index is 1350. The molecule has 0 bridgehead atoms. The number of nitrogens with one attached hydrogen (secondary N) is 1. The fourth-order valence-electron chi connectivity index (χ4n) is 4.06. The standard InChI is InChI=1S/C30H32N4O4S/c31-18-22-11-15-27(16-12-22)39(38)34(20-26-8-4-5-17-32-26)19-23-9-13-25(14-10-23)30(37)33-28(21-35)29(36)24-6-2-1-3-7-24/h1-17,28-29,35-36H,18-21,31H2,(H,33,37). The van der Waals surface area contributed by atoms with Crippen molar-refractivity contribution in [3.63, 3.8) is 0 Å². The van der Waals surface area contributed by atoms with Crippen molar-refractivity contribution in [3.8, 4) is 0 Å². The Kier molecular flexibility index (Phi) is 10.1. The smallest absolute Gasteiger partial charge is 0.251 e. The lowest BCUT2D eigenvalue weighted by atomic mass is 10.0. The summed E-state index contributed by atoms with van der Waals surface area (Å²) in [4.78, 5) is 17.9. The van der Waals surface area contributed by atoms with E-state index in [0.717, 1.165) is 16.8 Å². The largest absolute Gasteiger partial charge is 0.394 e. The maximum atomic E-state index is 13.5. The van der Waals surface area contributed by atoms with Crippen LogP contribution >= 0.6 is 0 Å². The molecule has 0 aliphatic carbocycles. The van der Waals surface area contributed by atoms with Gasteiger partial charge in [0.25, 0.3) is 5.91 Å². The molecule has 8 nitrogen and oxygen atoms in total. The average molecular weight is 545 g/mol. The second-order valence-corrected chi connectivity index (χ2v) is 10.5. The number of benzene rings is 3. The van der Waals surface area contributed by atoms with Crippen molar-refractivity contribution in [3.05, 3.63) is 131 Å². The van der Waals surface area contributed by atoms with Crippen LogP contribution < -0.4 is 11.1 Å². The molecule has 0 fully saturated rings. The van der Waals surface area contributed by atoms with Gasteiger partial charge in [-0.2, -0.15) is 0 Å². The molecule has 3 aromatic carbocycles. The normalized spacial score (nSPS) is 13.5. The van der Waals surface area contributed by atoms with E-state index in [1.807, 2.05) is 52.8 Å². The lowest BCUT2D eigenvalue weighted by Gasteiger charge is -2.23. The number of aliphatic hydroxyl groups excluding tert-OH is 2. The third-order valence-electron chi connectivity index (χ3n) is 6.27. The third-order valence-corrected chi connectivity index (χ3v) is 7.67. The van der Waals surface area contributed by atoms with Gasteiger partial charge in [-0.1, -0.05) is 60.7 Å². The minimum Gasteiger partial charge on any atom is -0.394 e. The summed E-state index contributed by atoms with van der Waals surface area (Å²) in [7, 11) is -1.46. The first-order chi connectivity index (χ1) is 19.0. The number of carbonyl (C=O) groups excluding carboxylic acids is 1. The summed E-state index contributed by atoms with van der Waals surface area (Å²) in [5.74, 6) is -0.413. The second-order valence-electron chi connectivity index (χ2n) is 9.03. The van der Waals surface area contributed by atoms with E-state index in [1.165, 1.54) is 0 Å². The van der Waals surface area contributed by atoms with Crippen LogP contribution in [-0.2, 0) is 30.6 Å². The highest BCUT2D eigenvalue weighted by molar-refractivity contribution is 7.82. The summed E-state index contributed by atoms with van der Waals surface area (Å²) in [5, 5.41) is 23.1. The third kappa shape index (κ3) is 7.66. The van der Waals surface area contributed by atoms with Gasteiger partial charge in [-0.15, -0.1) is 0 Å². The topological polar surface area (TPSA) is 129 Å². The Hall–Kier alpha value is -3.73. The molecule has 39 heavy (non-hydrogen) atoms. The Morgan fingerprint density at radius 1 is 0.897 bits per heavy atom. The van der Waals surface area contributed by atoms with E-state index in [9.17, 15) is 19.2 Å². The highest BCUT2D eigenvalue weighted by atomic mass is 32.2. The van der Waals surface area contributed by atoms with Crippen molar-refractivity contribution in [2.24, 2.45) is 5.73 Å². The van der Waals surface area contributed by atoms with Gasteiger partial charge < -0.3 is 21.3 Å². The van der Waals surface area contributed by atoms with Crippen molar-refractivity contribution in [2.75, 3.05) is 6.61 Å². The molecule has 1 heterocycles. The number of nitrogens with two attached hydrogens (primary N) is 1. The fraction of sp³-hybridized carbons (Fsp3) is 0.200. The van der Waals surface area contributed by atoms with E-state index in [2.05, 4.69) is 10.3 Å². The number of aromatic nitrogens is 1. The Labute approximate surface area is 230 Å². The molecule has 0 aliphatic heterocycles. The van der Waals surface area contributed by atoms with Gasteiger partial charge in [0.1, 0.15) is 17.1 Å².